The Kier molecular flexibility index (Phi) is 5.36. The Hall–Kier alpha value is -1.90. The minimum absolute atomic E-state index is 0.228. The first kappa shape index (κ1) is 18.9. The van der Waals surface area contributed by atoms with Crippen molar-refractivity contribution in [3.8, 4) is 0 Å². The van der Waals surface area contributed by atoms with E-state index in [4.69, 9.17) is 11.6 Å². The Labute approximate surface area is 156 Å². The minimum Gasteiger partial charge on any atom is -0.367 e. The summed E-state index contributed by atoms with van der Waals surface area (Å²) in [6.07, 6.45) is 0. The quantitative estimate of drug-likeness (QED) is 0.855. The lowest BCUT2D eigenvalue weighted by molar-refractivity contribution is 0.313. The average Bonchev–Trinajstić information content (AvgIpc) is 2.58. The molecule has 0 saturated carbocycles. The van der Waals surface area contributed by atoms with Gasteiger partial charge < -0.3 is 9.80 Å². The zero-order valence-electron chi connectivity index (χ0n) is 14.0. The van der Waals surface area contributed by atoms with Gasteiger partial charge in [-0.15, -0.1) is 0 Å². The van der Waals surface area contributed by atoms with Crippen LogP contribution in [0.5, 0.6) is 0 Å². The molecule has 0 unspecified atom stereocenters. The predicted octanol–water partition coefficient (Wildman–Crippen LogP) is 3.17. The molecule has 0 amide bonds. The minimum atomic E-state index is -4.32. The monoisotopic (exact) mass is 401 g/mol. The van der Waals surface area contributed by atoms with E-state index in [2.05, 4.69) is 9.62 Å². The van der Waals surface area contributed by atoms with Crippen LogP contribution >= 0.6 is 11.6 Å². The van der Waals surface area contributed by atoms with Gasteiger partial charge in [0.2, 0.25) is 0 Å². The lowest BCUT2D eigenvalue weighted by Gasteiger charge is -2.35. The van der Waals surface area contributed by atoms with Crippen molar-refractivity contribution in [1.29, 1.82) is 0 Å². The van der Waals surface area contributed by atoms with Gasteiger partial charge in [-0.1, -0.05) is 11.6 Å². The number of piperazine rings is 1. The molecule has 2 aromatic rings. The van der Waals surface area contributed by atoms with Crippen LogP contribution < -0.4 is 9.62 Å². The summed E-state index contributed by atoms with van der Waals surface area (Å²) in [6, 6.07) is 7.14. The number of nitrogens with one attached hydrogen (secondary N) is 1. The van der Waals surface area contributed by atoms with E-state index in [0.29, 0.717) is 29.9 Å². The zero-order valence-corrected chi connectivity index (χ0v) is 15.6. The Morgan fingerprint density at radius 1 is 1.04 bits per heavy atom. The highest BCUT2D eigenvalue weighted by molar-refractivity contribution is 7.92. The Balaban J connectivity index is 1.96. The maximum atomic E-state index is 13.9. The fourth-order valence-corrected chi connectivity index (χ4v) is 4.12. The second kappa shape index (κ2) is 7.38. The second-order valence-corrected chi connectivity index (χ2v) is 8.22. The molecule has 0 spiro atoms. The van der Waals surface area contributed by atoms with E-state index >= 15 is 0 Å². The van der Waals surface area contributed by atoms with Crippen LogP contribution in [0.3, 0.4) is 0 Å². The van der Waals surface area contributed by atoms with Crippen molar-refractivity contribution in [1.82, 2.24) is 4.90 Å². The highest BCUT2D eigenvalue weighted by Gasteiger charge is 2.24. The van der Waals surface area contributed by atoms with E-state index in [-0.39, 0.29) is 5.69 Å². The Morgan fingerprint density at radius 3 is 2.42 bits per heavy atom. The molecule has 1 fully saturated rings. The summed E-state index contributed by atoms with van der Waals surface area (Å²) in [6.45, 7) is 3.07. The van der Waals surface area contributed by atoms with Crippen LogP contribution in [0, 0.1) is 11.6 Å². The number of benzene rings is 2. The Bertz CT molecular complexity index is 916. The van der Waals surface area contributed by atoms with Crippen molar-refractivity contribution in [2.75, 3.05) is 42.8 Å². The van der Waals surface area contributed by atoms with Gasteiger partial charge in [0.05, 0.1) is 11.4 Å². The van der Waals surface area contributed by atoms with Gasteiger partial charge in [-0.25, -0.2) is 17.2 Å². The molecule has 1 heterocycles. The molecule has 26 heavy (non-hydrogen) atoms. The van der Waals surface area contributed by atoms with Crippen LogP contribution in [-0.4, -0.2) is 46.5 Å². The van der Waals surface area contributed by atoms with Crippen LogP contribution in [0.25, 0.3) is 0 Å². The lowest BCUT2D eigenvalue weighted by Crippen LogP contribution is -2.44. The summed E-state index contributed by atoms with van der Waals surface area (Å²) in [7, 11) is -2.31. The van der Waals surface area contributed by atoms with Crippen LogP contribution in [0.1, 0.15) is 0 Å². The molecule has 0 atom stereocenters. The summed E-state index contributed by atoms with van der Waals surface area (Å²) in [5.41, 5.74) is 0.869. The van der Waals surface area contributed by atoms with E-state index in [0.717, 1.165) is 25.2 Å². The fourth-order valence-electron chi connectivity index (χ4n) is 2.80. The molecule has 0 aromatic heterocycles. The standard InChI is InChI=1S/C17H18ClF2N3O2S/c1-22-6-8-23(9-7-22)16-5-2-12(18)10-15(16)21-26(24,25)17-11-13(19)3-4-14(17)20/h2-5,10-11,21H,6-9H2,1H3. The van der Waals surface area contributed by atoms with Gasteiger partial charge in [-0.05, 0) is 43.4 Å². The van der Waals surface area contributed by atoms with Gasteiger partial charge in [0, 0.05) is 31.2 Å². The molecule has 9 heteroatoms. The van der Waals surface area contributed by atoms with E-state index in [1.165, 1.54) is 6.07 Å². The third-order valence-electron chi connectivity index (χ3n) is 4.23. The van der Waals surface area contributed by atoms with Gasteiger partial charge in [0.1, 0.15) is 16.5 Å². The highest BCUT2D eigenvalue weighted by Crippen LogP contribution is 2.32. The topological polar surface area (TPSA) is 52.6 Å². The van der Waals surface area contributed by atoms with E-state index in [9.17, 15) is 17.2 Å². The first-order chi connectivity index (χ1) is 12.3. The molecule has 1 saturated heterocycles. The fraction of sp³-hybridized carbons (Fsp3) is 0.294. The number of halogens is 3. The maximum Gasteiger partial charge on any atom is 0.264 e. The van der Waals surface area contributed by atoms with Gasteiger partial charge in [-0.2, -0.15) is 0 Å². The SMILES string of the molecule is CN1CCN(c2ccc(Cl)cc2NS(=O)(=O)c2cc(F)ccc2F)CC1. The molecule has 0 radical (unpaired) electrons. The first-order valence-electron chi connectivity index (χ1n) is 7.97. The molecule has 2 aromatic carbocycles. The van der Waals surface area contributed by atoms with Gasteiger partial charge in [-0.3, -0.25) is 4.72 Å². The number of sulfonamides is 1. The summed E-state index contributed by atoms with van der Waals surface area (Å²) in [5, 5.41) is 0.334. The van der Waals surface area contributed by atoms with Gasteiger partial charge >= 0.3 is 0 Å². The normalized spacial score (nSPS) is 15.9. The molecule has 1 aliphatic rings. The van der Waals surface area contributed by atoms with Crippen molar-refractivity contribution in [2.24, 2.45) is 0 Å². The van der Waals surface area contributed by atoms with Gasteiger partial charge in [0.15, 0.2) is 0 Å². The third-order valence-corrected chi connectivity index (χ3v) is 5.85. The zero-order chi connectivity index (χ0) is 18.9. The maximum absolute atomic E-state index is 13.9. The summed E-state index contributed by atoms with van der Waals surface area (Å²) in [5.74, 6) is -1.86. The number of likely N-dealkylation sites (N-methyl/N-ethyl adjacent to an activating group) is 1. The van der Waals surface area contributed by atoms with Crippen molar-refractivity contribution in [3.63, 3.8) is 0 Å². The molecule has 0 bridgehead atoms. The van der Waals surface area contributed by atoms with Crippen LogP contribution in [0.4, 0.5) is 20.2 Å². The average molecular weight is 402 g/mol. The summed E-state index contributed by atoms with van der Waals surface area (Å²) in [4.78, 5) is 3.44. The molecule has 5 nitrogen and oxygen atoms in total. The molecule has 140 valence electrons. The van der Waals surface area contributed by atoms with Crippen LogP contribution in [0.15, 0.2) is 41.3 Å². The molecular formula is C17H18ClF2N3O2S. The second-order valence-electron chi connectivity index (χ2n) is 6.13. The number of hydrogen-bond donors (Lipinski definition) is 1. The van der Waals surface area contributed by atoms with Crippen molar-refractivity contribution in [2.45, 2.75) is 4.90 Å². The van der Waals surface area contributed by atoms with E-state index in [1.54, 1.807) is 12.1 Å². The number of hydrogen-bond acceptors (Lipinski definition) is 4. The summed E-state index contributed by atoms with van der Waals surface area (Å²) < 4.78 is 54.8. The molecule has 3 rings (SSSR count). The number of rotatable bonds is 4. The van der Waals surface area contributed by atoms with Crippen LogP contribution in [0.2, 0.25) is 5.02 Å². The Morgan fingerprint density at radius 2 is 1.73 bits per heavy atom. The molecule has 0 aliphatic carbocycles. The highest BCUT2D eigenvalue weighted by atomic mass is 35.5. The van der Waals surface area contributed by atoms with E-state index < -0.39 is 26.6 Å². The molecule has 1 N–H and O–H groups in total. The predicted molar refractivity (Wildman–Crippen MR) is 98.3 cm³/mol. The number of anilines is 2. The smallest absolute Gasteiger partial charge is 0.264 e. The largest absolute Gasteiger partial charge is 0.367 e. The van der Waals surface area contributed by atoms with Crippen molar-refractivity contribution in [3.05, 3.63) is 53.1 Å². The molecular weight excluding hydrogens is 384 g/mol. The third kappa shape index (κ3) is 4.08. The summed E-state index contributed by atoms with van der Waals surface area (Å²) >= 11 is 6.01. The van der Waals surface area contributed by atoms with Crippen molar-refractivity contribution >= 4 is 33.0 Å². The van der Waals surface area contributed by atoms with Crippen LogP contribution in [-0.2, 0) is 10.0 Å². The number of nitrogens with zero attached hydrogens (tertiary/aromatic N) is 2. The van der Waals surface area contributed by atoms with Gasteiger partial charge in [0.25, 0.3) is 10.0 Å². The van der Waals surface area contributed by atoms with E-state index in [1.807, 2.05) is 11.9 Å². The lowest BCUT2D eigenvalue weighted by atomic mass is 10.2. The first-order valence-corrected chi connectivity index (χ1v) is 9.83. The van der Waals surface area contributed by atoms with Crippen molar-refractivity contribution < 1.29 is 17.2 Å². The molecule has 1 aliphatic heterocycles.